The molecule has 2 rings (SSSR count). The van der Waals surface area contributed by atoms with E-state index in [4.69, 9.17) is 4.84 Å². The molecule has 0 amide bonds. The van der Waals surface area contributed by atoms with Crippen LogP contribution in [0.1, 0.15) is 16.7 Å². The molecule has 0 N–H and O–H groups in total. The van der Waals surface area contributed by atoms with Crippen molar-refractivity contribution in [1.82, 2.24) is 0 Å². The maximum Gasteiger partial charge on any atom is 0.118 e. The second-order valence-corrected chi connectivity index (χ2v) is 4.28. The van der Waals surface area contributed by atoms with Gasteiger partial charge in [-0.2, -0.15) is 11.3 Å². The Hall–Kier alpha value is -1.61. The zero-order valence-corrected chi connectivity index (χ0v) is 10.1. The van der Waals surface area contributed by atoms with Crippen LogP contribution in [0.3, 0.4) is 0 Å². The first kappa shape index (κ1) is 10.9. The predicted octanol–water partition coefficient (Wildman–Crippen LogP) is 3.46. The van der Waals surface area contributed by atoms with E-state index >= 15 is 0 Å². The van der Waals surface area contributed by atoms with Gasteiger partial charge in [0.2, 0.25) is 0 Å². The fourth-order valence-electron chi connectivity index (χ4n) is 1.47. The van der Waals surface area contributed by atoms with Gasteiger partial charge in [0.1, 0.15) is 12.8 Å². The van der Waals surface area contributed by atoms with E-state index in [1.807, 2.05) is 11.4 Å². The Morgan fingerprint density at radius 3 is 2.44 bits per heavy atom. The summed E-state index contributed by atoms with van der Waals surface area (Å²) in [6.45, 7) is 2.07. The molecule has 3 heteroatoms. The lowest BCUT2D eigenvalue weighted by Gasteiger charge is -2.04. The molecule has 16 heavy (non-hydrogen) atoms. The average Bonchev–Trinajstić information content (AvgIpc) is 2.81. The van der Waals surface area contributed by atoms with Crippen molar-refractivity contribution in [2.45, 2.75) is 6.92 Å². The lowest BCUT2D eigenvalue weighted by Crippen LogP contribution is -2.02. The van der Waals surface area contributed by atoms with Crippen molar-refractivity contribution >= 4 is 17.0 Å². The normalized spacial score (nSPS) is 11.5. The third-order valence-electron chi connectivity index (χ3n) is 2.30. The van der Waals surface area contributed by atoms with Crippen LogP contribution in [0.2, 0.25) is 0 Å². The molecule has 0 bridgehead atoms. The van der Waals surface area contributed by atoms with Crippen molar-refractivity contribution < 1.29 is 4.84 Å². The number of hydrogen-bond donors (Lipinski definition) is 0. The molecule has 0 fully saturated rings. The molecule has 1 aromatic carbocycles. The molecule has 0 radical (unpaired) electrons. The summed E-state index contributed by atoms with van der Waals surface area (Å²) in [7, 11) is 1.57. The Morgan fingerprint density at radius 2 is 1.88 bits per heavy atom. The summed E-state index contributed by atoms with van der Waals surface area (Å²) in [5.74, 6) is 0. The van der Waals surface area contributed by atoms with E-state index in [2.05, 4.69) is 41.7 Å². The molecule has 0 aliphatic heterocycles. The molecule has 0 unspecified atom stereocenters. The lowest BCUT2D eigenvalue weighted by atomic mass is 10.0. The van der Waals surface area contributed by atoms with Crippen molar-refractivity contribution in [3.05, 3.63) is 57.8 Å². The van der Waals surface area contributed by atoms with Crippen LogP contribution in [0, 0.1) is 6.92 Å². The van der Waals surface area contributed by atoms with Gasteiger partial charge in [-0.15, -0.1) is 0 Å². The molecule has 0 atom stereocenters. The lowest BCUT2D eigenvalue weighted by molar-refractivity contribution is 0.214. The van der Waals surface area contributed by atoms with Gasteiger partial charge in [-0.05, 0) is 18.4 Å². The van der Waals surface area contributed by atoms with Crippen molar-refractivity contribution in [3.8, 4) is 0 Å². The highest BCUT2D eigenvalue weighted by Gasteiger charge is 2.07. The van der Waals surface area contributed by atoms with E-state index in [1.54, 1.807) is 18.4 Å². The number of aryl methyl sites for hydroxylation is 1. The highest BCUT2D eigenvalue weighted by molar-refractivity contribution is 7.08. The van der Waals surface area contributed by atoms with Crippen molar-refractivity contribution in [3.63, 3.8) is 0 Å². The van der Waals surface area contributed by atoms with Gasteiger partial charge in [0.05, 0.1) is 0 Å². The molecular weight excluding hydrogens is 218 g/mol. The molecule has 0 saturated carbocycles. The minimum atomic E-state index is 0.878. The molecule has 2 aromatic rings. The Bertz CT molecular complexity index is 471. The van der Waals surface area contributed by atoms with Crippen LogP contribution >= 0.6 is 11.3 Å². The molecule has 0 aliphatic carbocycles. The van der Waals surface area contributed by atoms with E-state index in [0.717, 1.165) is 16.8 Å². The largest absolute Gasteiger partial charge is 0.399 e. The first-order valence-electron chi connectivity index (χ1n) is 5.02. The number of benzene rings is 1. The van der Waals surface area contributed by atoms with E-state index in [1.165, 1.54) is 5.56 Å². The summed E-state index contributed by atoms with van der Waals surface area (Å²) in [6, 6.07) is 10.3. The van der Waals surface area contributed by atoms with Gasteiger partial charge in [0, 0.05) is 16.5 Å². The van der Waals surface area contributed by atoms with Crippen LogP contribution in [0.15, 0.2) is 46.2 Å². The average molecular weight is 231 g/mol. The number of hydrogen-bond acceptors (Lipinski definition) is 3. The zero-order valence-electron chi connectivity index (χ0n) is 9.31. The third-order valence-corrected chi connectivity index (χ3v) is 2.99. The number of rotatable bonds is 3. The van der Waals surface area contributed by atoms with Crippen LogP contribution < -0.4 is 0 Å². The van der Waals surface area contributed by atoms with Crippen molar-refractivity contribution in [1.29, 1.82) is 0 Å². The Balaban J connectivity index is 2.41. The summed E-state index contributed by atoms with van der Waals surface area (Å²) < 4.78 is 0. The molecule has 1 aromatic heterocycles. The number of nitrogens with zero attached hydrogens (tertiary/aromatic N) is 1. The van der Waals surface area contributed by atoms with Crippen LogP contribution in [-0.4, -0.2) is 12.8 Å². The number of thiophene rings is 1. The molecule has 1 heterocycles. The topological polar surface area (TPSA) is 21.6 Å². The second-order valence-electron chi connectivity index (χ2n) is 3.50. The first-order valence-corrected chi connectivity index (χ1v) is 5.96. The van der Waals surface area contributed by atoms with Crippen LogP contribution in [0.4, 0.5) is 0 Å². The SMILES string of the molecule is CO/N=C(\c1ccc(C)cc1)c1ccsc1. The van der Waals surface area contributed by atoms with E-state index in [-0.39, 0.29) is 0 Å². The summed E-state index contributed by atoms with van der Waals surface area (Å²) >= 11 is 1.66. The first-order chi connectivity index (χ1) is 7.81. The minimum absolute atomic E-state index is 0.878. The second kappa shape index (κ2) is 4.94. The third kappa shape index (κ3) is 2.31. The molecule has 2 nitrogen and oxygen atoms in total. The van der Waals surface area contributed by atoms with E-state index in [0.29, 0.717) is 0 Å². The Morgan fingerprint density at radius 1 is 1.12 bits per heavy atom. The van der Waals surface area contributed by atoms with Crippen LogP contribution in [0.5, 0.6) is 0 Å². The fourth-order valence-corrected chi connectivity index (χ4v) is 2.11. The van der Waals surface area contributed by atoms with Gasteiger partial charge in [0.25, 0.3) is 0 Å². The maximum absolute atomic E-state index is 4.91. The van der Waals surface area contributed by atoms with Gasteiger partial charge in [0.15, 0.2) is 0 Å². The van der Waals surface area contributed by atoms with Gasteiger partial charge >= 0.3 is 0 Å². The monoisotopic (exact) mass is 231 g/mol. The Kier molecular flexibility index (Phi) is 3.37. The van der Waals surface area contributed by atoms with Gasteiger partial charge < -0.3 is 4.84 Å². The molecular formula is C13H13NOS. The Labute approximate surface area is 99.2 Å². The summed E-state index contributed by atoms with van der Waals surface area (Å²) in [5, 5.41) is 8.19. The summed E-state index contributed by atoms with van der Waals surface area (Å²) in [4.78, 5) is 4.91. The van der Waals surface area contributed by atoms with Crippen LogP contribution in [-0.2, 0) is 4.84 Å². The highest BCUT2D eigenvalue weighted by Crippen LogP contribution is 2.15. The smallest absolute Gasteiger partial charge is 0.118 e. The van der Waals surface area contributed by atoms with Crippen LogP contribution in [0.25, 0.3) is 0 Å². The van der Waals surface area contributed by atoms with E-state index in [9.17, 15) is 0 Å². The standard InChI is InChI=1S/C13H13NOS/c1-10-3-5-11(6-4-10)13(14-15-2)12-7-8-16-9-12/h3-9H,1-2H3/b14-13+. The molecule has 0 aliphatic rings. The summed E-state index contributed by atoms with van der Waals surface area (Å²) in [6.07, 6.45) is 0. The number of oxime groups is 1. The van der Waals surface area contributed by atoms with Crippen molar-refractivity contribution in [2.75, 3.05) is 7.11 Å². The fraction of sp³-hybridized carbons (Fsp3) is 0.154. The van der Waals surface area contributed by atoms with Gasteiger partial charge in [-0.1, -0.05) is 35.0 Å². The zero-order chi connectivity index (χ0) is 11.4. The van der Waals surface area contributed by atoms with Gasteiger partial charge in [-0.25, -0.2) is 0 Å². The minimum Gasteiger partial charge on any atom is -0.399 e. The van der Waals surface area contributed by atoms with E-state index < -0.39 is 0 Å². The quantitative estimate of drug-likeness (QED) is 0.585. The van der Waals surface area contributed by atoms with Crippen molar-refractivity contribution in [2.24, 2.45) is 5.16 Å². The molecule has 82 valence electrons. The molecule has 0 spiro atoms. The maximum atomic E-state index is 4.91. The predicted molar refractivity (Wildman–Crippen MR) is 68.1 cm³/mol. The summed E-state index contributed by atoms with van der Waals surface area (Å²) in [5.41, 5.74) is 4.29. The highest BCUT2D eigenvalue weighted by atomic mass is 32.1. The van der Waals surface area contributed by atoms with Gasteiger partial charge in [-0.3, -0.25) is 0 Å². The molecule has 0 saturated heterocycles.